The maximum Gasteiger partial charge on any atom is 0.227 e. The van der Waals surface area contributed by atoms with Gasteiger partial charge in [0, 0.05) is 37.6 Å². The Bertz CT molecular complexity index is 572. The van der Waals surface area contributed by atoms with Crippen LogP contribution in [0.25, 0.3) is 0 Å². The van der Waals surface area contributed by atoms with Crippen LogP contribution in [0.1, 0.15) is 36.1 Å². The molecular formula is C18H27N3OS. The van der Waals surface area contributed by atoms with E-state index in [-0.39, 0.29) is 5.41 Å². The molecule has 0 aromatic carbocycles. The van der Waals surface area contributed by atoms with Crippen molar-refractivity contribution in [3.05, 3.63) is 21.9 Å². The van der Waals surface area contributed by atoms with Crippen LogP contribution in [-0.2, 0) is 17.8 Å². The SMILES string of the molecule is O=C(NCCN1CCc2sccc2C1)[C@@]12CCCC[C@H]1CNC2. The summed E-state index contributed by atoms with van der Waals surface area (Å²) in [5.41, 5.74) is 1.37. The van der Waals surface area contributed by atoms with Crippen LogP contribution in [0.15, 0.2) is 11.4 Å². The number of carbonyl (C=O) groups is 1. The fourth-order valence-electron chi connectivity index (χ4n) is 4.69. The van der Waals surface area contributed by atoms with Crippen LogP contribution in [-0.4, -0.2) is 43.5 Å². The molecule has 4 nitrogen and oxygen atoms in total. The van der Waals surface area contributed by atoms with Crippen molar-refractivity contribution in [1.82, 2.24) is 15.5 Å². The zero-order valence-electron chi connectivity index (χ0n) is 13.8. The number of amides is 1. The summed E-state index contributed by atoms with van der Waals surface area (Å²) in [5.74, 6) is 0.861. The molecule has 2 atom stereocenters. The highest BCUT2D eigenvalue weighted by Gasteiger charge is 2.49. The summed E-state index contributed by atoms with van der Waals surface area (Å²) in [6.07, 6.45) is 5.94. The van der Waals surface area contributed by atoms with E-state index in [1.54, 1.807) is 4.88 Å². The number of hydrogen-bond donors (Lipinski definition) is 2. The molecule has 4 rings (SSSR count). The third kappa shape index (κ3) is 2.94. The average Bonchev–Trinajstić information content (AvgIpc) is 3.21. The van der Waals surface area contributed by atoms with Gasteiger partial charge in [0.2, 0.25) is 5.91 Å². The lowest BCUT2D eigenvalue weighted by atomic mass is 9.67. The standard InChI is InChI=1S/C18H27N3OS/c22-17(18-6-2-1-3-15(18)11-19-13-18)20-7-9-21-8-4-16-14(12-21)5-10-23-16/h5,10,15,19H,1-4,6-9,11-13H2,(H,20,22)/t15-,18+/m0/s1. The summed E-state index contributed by atoms with van der Waals surface area (Å²) in [5, 5.41) is 8.93. The van der Waals surface area contributed by atoms with Crippen molar-refractivity contribution in [2.45, 2.75) is 38.6 Å². The fourth-order valence-corrected chi connectivity index (χ4v) is 5.58. The van der Waals surface area contributed by atoms with Crippen LogP contribution in [0.3, 0.4) is 0 Å². The number of nitrogens with zero attached hydrogens (tertiary/aromatic N) is 1. The predicted octanol–water partition coefficient (Wildman–Crippen LogP) is 2.00. The average molecular weight is 334 g/mol. The summed E-state index contributed by atoms with van der Waals surface area (Å²) in [4.78, 5) is 16.9. The summed E-state index contributed by atoms with van der Waals surface area (Å²) >= 11 is 1.88. The summed E-state index contributed by atoms with van der Waals surface area (Å²) in [6, 6.07) is 2.25. The van der Waals surface area contributed by atoms with Crippen LogP contribution in [0.4, 0.5) is 0 Å². The lowest BCUT2D eigenvalue weighted by Crippen LogP contribution is -2.49. The first kappa shape index (κ1) is 15.6. The van der Waals surface area contributed by atoms with E-state index in [1.807, 2.05) is 11.3 Å². The molecule has 0 unspecified atom stereocenters. The third-order valence-corrected chi connectivity index (χ3v) is 7.11. The van der Waals surface area contributed by atoms with Crippen LogP contribution in [0.2, 0.25) is 0 Å². The number of rotatable bonds is 4. The van der Waals surface area contributed by atoms with Gasteiger partial charge in [-0.05, 0) is 48.7 Å². The van der Waals surface area contributed by atoms with Gasteiger partial charge < -0.3 is 10.6 Å². The summed E-state index contributed by atoms with van der Waals surface area (Å²) in [6.45, 7) is 5.83. The Morgan fingerprint density at radius 2 is 2.43 bits per heavy atom. The first-order valence-corrected chi connectivity index (χ1v) is 9.92. The smallest absolute Gasteiger partial charge is 0.227 e. The normalized spacial score (nSPS) is 30.7. The van der Waals surface area contributed by atoms with Gasteiger partial charge in [0.1, 0.15) is 0 Å². The van der Waals surface area contributed by atoms with Gasteiger partial charge in [0.25, 0.3) is 0 Å². The Labute approximate surface area is 142 Å². The third-order valence-electron chi connectivity index (χ3n) is 6.09. The van der Waals surface area contributed by atoms with Gasteiger partial charge >= 0.3 is 0 Å². The first-order valence-electron chi connectivity index (χ1n) is 9.04. The van der Waals surface area contributed by atoms with E-state index >= 15 is 0 Å². The molecule has 1 saturated carbocycles. The number of fused-ring (bicyclic) bond motifs is 2. The predicted molar refractivity (Wildman–Crippen MR) is 93.6 cm³/mol. The van der Waals surface area contributed by atoms with E-state index in [0.29, 0.717) is 11.8 Å². The lowest BCUT2D eigenvalue weighted by Gasteiger charge is -2.37. The molecule has 1 amide bonds. The molecular weight excluding hydrogens is 306 g/mol. The van der Waals surface area contributed by atoms with Gasteiger partial charge in [-0.1, -0.05) is 12.8 Å². The molecule has 1 aliphatic carbocycles. The van der Waals surface area contributed by atoms with E-state index < -0.39 is 0 Å². The second kappa shape index (κ2) is 6.54. The molecule has 0 spiro atoms. The number of nitrogens with one attached hydrogen (secondary N) is 2. The molecule has 1 aromatic rings. The topological polar surface area (TPSA) is 44.4 Å². The number of carbonyl (C=O) groups excluding carboxylic acids is 1. The second-order valence-corrected chi connectivity index (χ2v) is 8.38. The van der Waals surface area contributed by atoms with Gasteiger partial charge in [-0.3, -0.25) is 9.69 Å². The van der Waals surface area contributed by atoms with Crippen LogP contribution in [0, 0.1) is 11.3 Å². The first-order chi connectivity index (χ1) is 11.3. The van der Waals surface area contributed by atoms with E-state index in [2.05, 4.69) is 27.0 Å². The monoisotopic (exact) mass is 333 g/mol. The number of thiophene rings is 1. The van der Waals surface area contributed by atoms with Crippen molar-refractivity contribution in [3.63, 3.8) is 0 Å². The van der Waals surface area contributed by atoms with Crippen LogP contribution < -0.4 is 10.6 Å². The molecule has 3 aliphatic rings. The Morgan fingerprint density at radius 1 is 1.48 bits per heavy atom. The highest BCUT2D eigenvalue weighted by molar-refractivity contribution is 7.10. The minimum absolute atomic E-state index is 0.110. The molecule has 5 heteroatoms. The molecule has 2 fully saturated rings. The van der Waals surface area contributed by atoms with Gasteiger partial charge in [-0.2, -0.15) is 0 Å². The highest BCUT2D eigenvalue weighted by Crippen LogP contribution is 2.43. The minimum Gasteiger partial charge on any atom is -0.354 e. The molecule has 0 radical (unpaired) electrons. The van der Waals surface area contributed by atoms with Crippen molar-refractivity contribution in [1.29, 1.82) is 0 Å². The molecule has 1 aromatic heterocycles. The maximum atomic E-state index is 12.8. The molecule has 1 saturated heterocycles. The number of hydrogen-bond acceptors (Lipinski definition) is 4. The molecule has 23 heavy (non-hydrogen) atoms. The molecule has 3 heterocycles. The fraction of sp³-hybridized carbons (Fsp3) is 0.722. The van der Waals surface area contributed by atoms with Crippen molar-refractivity contribution in [2.75, 3.05) is 32.7 Å². The zero-order valence-corrected chi connectivity index (χ0v) is 14.6. The largest absolute Gasteiger partial charge is 0.354 e. The Hall–Kier alpha value is -0.910. The van der Waals surface area contributed by atoms with Crippen LogP contribution in [0.5, 0.6) is 0 Å². The molecule has 2 aliphatic heterocycles. The summed E-state index contributed by atoms with van der Waals surface area (Å²) in [7, 11) is 0. The van der Waals surface area contributed by atoms with Gasteiger partial charge in [-0.25, -0.2) is 0 Å². The molecule has 0 bridgehead atoms. The quantitative estimate of drug-likeness (QED) is 0.886. The Kier molecular flexibility index (Phi) is 4.43. The Morgan fingerprint density at radius 3 is 3.39 bits per heavy atom. The minimum atomic E-state index is -0.110. The molecule has 2 N–H and O–H groups in total. The van der Waals surface area contributed by atoms with Crippen molar-refractivity contribution in [3.8, 4) is 0 Å². The zero-order chi connectivity index (χ0) is 15.7. The van der Waals surface area contributed by atoms with Crippen LogP contribution >= 0.6 is 11.3 Å². The van der Waals surface area contributed by atoms with Crippen molar-refractivity contribution >= 4 is 17.2 Å². The van der Waals surface area contributed by atoms with Crippen molar-refractivity contribution in [2.24, 2.45) is 11.3 Å². The van der Waals surface area contributed by atoms with E-state index in [9.17, 15) is 4.79 Å². The maximum absolute atomic E-state index is 12.8. The van der Waals surface area contributed by atoms with E-state index in [4.69, 9.17) is 0 Å². The Balaban J connectivity index is 1.29. The van der Waals surface area contributed by atoms with E-state index in [1.165, 1.54) is 24.8 Å². The second-order valence-electron chi connectivity index (χ2n) is 7.38. The van der Waals surface area contributed by atoms with E-state index in [0.717, 1.165) is 52.1 Å². The lowest BCUT2D eigenvalue weighted by molar-refractivity contribution is -0.134. The molecule has 126 valence electrons. The van der Waals surface area contributed by atoms with Gasteiger partial charge in [0.05, 0.1) is 5.41 Å². The van der Waals surface area contributed by atoms with Gasteiger partial charge in [0.15, 0.2) is 0 Å². The highest BCUT2D eigenvalue weighted by atomic mass is 32.1. The van der Waals surface area contributed by atoms with Gasteiger partial charge in [-0.15, -0.1) is 11.3 Å². The van der Waals surface area contributed by atoms with Crippen molar-refractivity contribution < 1.29 is 4.79 Å². The summed E-state index contributed by atoms with van der Waals surface area (Å²) < 4.78 is 0.